The summed E-state index contributed by atoms with van der Waals surface area (Å²) in [5.74, 6) is 2.57. The molecular weight excluding hydrogens is 464 g/mol. The third-order valence-corrected chi connectivity index (χ3v) is 7.63. The minimum Gasteiger partial charge on any atom is -0.497 e. The van der Waals surface area contributed by atoms with Crippen LogP contribution in [0.25, 0.3) is 0 Å². The Labute approximate surface area is 221 Å². The van der Waals surface area contributed by atoms with Crippen LogP contribution >= 0.6 is 0 Å². The van der Waals surface area contributed by atoms with Gasteiger partial charge < -0.3 is 19.7 Å². The van der Waals surface area contributed by atoms with E-state index in [4.69, 9.17) is 9.47 Å². The number of nitrogens with zero attached hydrogens (tertiary/aromatic N) is 1. The Morgan fingerprint density at radius 2 is 1.59 bits per heavy atom. The van der Waals surface area contributed by atoms with Gasteiger partial charge in [0.15, 0.2) is 5.78 Å². The van der Waals surface area contributed by atoms with Gasteiger partial charge in [-0.05, 0) is 106 Å². The van der Waals surface area contributed by atoms with Gasteiger partial charge in [-0.15, -0.1) is 0 Å². The van der Waals surface area contributed by atoms with Crippen molar-refractivity contribution in [3.05, 3.63) is 59.7 Å². The first-order valence-electron chi connectivity index (χ1n) is 14.0. The number of amides is 1. The van der Waals surface area contributed by atoms with Gasteiger partial charge in [-0.3, -0.25) is 9.59 Å². The number of hydrogen-bond acceptors (Lipinski definition) is 5. The fraction of sp³-hybridized carbons (Fsp3) is 0.548. The number of nitrogens with one attached hydrogen (secondary N) is 1. The summed E-state index contributed by atoms with van der Waals surface area (Å²) >= 11 is 0. The molecule has 2 aromatic carbocycles. The number of rotatable bonds is 15. The number of ether oxygens (including phenoxy) is 2. The lowest BCUT2D eigenvalue weighted by Gasteiger charge is -2.25. The van der Waals surface area contributed by atoms with Crippen molar-refractivity contribution >= 4 is 11.7 Å². The summed E-state index contributed by atoms with van der Waals surface area (Å²) < 4.78 is 11.1. The van der Waals surface area contributed by atoms with E-state index in [9.17, 15) is 9.59 Å². The second kappa shape index (κ2) is 14.2. The zero-order valence-corrected chi connectivity index (χ0v) is 22.3. The first kappa shape index (κ1) is 27.2. The molecule has 6 nitrogen and oxygen atoms in total. The predicted molar refractivity (Wildman–Crippen MR) is 146 cm³/mol. The van der Waals surface area contributed by atoms with E-state index in [1.807, 2.05) is 0 Å². The zero-order chi connectivity index (χ0) is 25.9. The van der Waals surface area contributed by atoms with Crippen molar-refractivity contribution in [3.8, 4) is 11.5 Å². The first-order chi connectivity index (χ1) is 18.1. The van der Waals surface area contributed by atoms with Crippen molar-refractivity contribution in [3.63, 3.8) is 0 Å². The fourth-order valence-corrected chi connectivity index (χ4v) is 5.11. The number of likely N-dealkylation sites (tertiary alicyclic amines) is 1. The lowest BCUT2D eigenvalue weighted by atomic mass is 9.86. The summed E-state index contributed by atoms with van der Waals surface area (Å²) in [5, 5.41) is 3.28. The standard InChI is InChI=1S/C31H42N2O4/c1-36-28-17-13-26(14-18-28)30(34)9-2-3-10-31(35)32-27(22-33-19-4-5-20-33)21-24-11-15-29(16-12-24)37-23-25-7-6-8-25/h11-18,25,27H,2-10,19-23H2,1H3,(H,32,35)/t27-/m0/s1. The number of Topliss-reactive ketones (excluding diaryl/α,β-unsaturated/α-hetero) is 1. The van der Waals surface area contributed by atoms with E-state index in [2.05, 4.69) is 34.5 Å². The van der Waals surface area contributed by atoms with Crippen LogP contribution in [0.1, 0.15) is 73.7 Å². The van der Waals surface area contributed by atoms with Gasteiger partial charge in [-0.25, -0.2) is 0 Å². The highest BCUT2D eigenvalue weighted by Crippen LogP contribution is 2.27. The second-order valence-electron chi connectivity index (χ2n) is 10.6. The van der Waals surface area contributed by atoms with Crippen LogP contribution < -0.4 is 14.8 Å². The average molecular weight is 507 g/mol. The van der Waals surface area contributed by atoms with Crippen LogP contribution in [-0.2, 0) is 11.2 Å². The molecule has 1 N–H and O–H groups in total. The average Bonchev–Trinajstić information content (AvgIpc) is 3.39. The van der Waals surface area contributed by atoms with Gasteiger partial charge >= 0.3 is 0 Å². The van der Waals surface area contributed by atoms with Gasteiger partial charge in [0.05, 0.1) is 13.7 Å². The van der Waals surface area contributed by atoms with Gasteiger partial charge in [-0.2, -0.15) is 0 Å². The van der Waals surface area contributed by atoms with Crippen LogP contribution in [0.3, 0.4) is 0 Å². The molecule has 0 spiro atoms. The number of methoxy groups -OCH3 is 1. The van der Waals surface area contributed by atoms with Crippen molar-refractivity contribution in [2.45, 2.75) is 70.3 Å². The summed E-state index contributed by atoms with van der Waals surface area (Å²) in [6, 6.07) is 15.6. The van der Waals surface area contributed by atoms with E-state index in [1.165, 1.54) is 37.7 Å². The van der Waals surface area contributed by atoms with Gasteiger partial charge in [-0.1, -0.05) is 18.6 Å². The number of ketones is 1. The smallest absolute Gasteiger partial charge is 0.220 e. The quantitative estimate of drug-likeness (QED) is 0.257. The first-order valence-corrected chi connectivity index (χ1v) is 14.0. The van der Waals surface area contributed by atoms with Crippen LogP contribution in [0.4, 0.5) is 0 Å². The van der Waals surface area contributed by atoms with Crippen LogP contribution in [0.15, 0.2) is 48.5 Å². The summed E-state index contributed by atoms with van der Waals surface area (Å²) in [5.41, 5.74) is 1.90. The van der Waals surface area contributed by atoms with Crippen molar-refractivity contribution < 1.29 is 19.1 Å². The van der Waals surface area contributed by atoms with E-state index in [0.29, 0.717) is 31.2 Å². The Hall–Kier alpha value is -2.86. The predicted octanol–water partition coefficient (Wildman–Crippen LogP) is 5.44. The van der Waals surface area contributed by atoms with Gasteiger partial charge in [0.25, 0.3) is 0 Å². The molecule has 37 heavy (non-hydrogen) atoms. The number of carbonyl (C=O) groups is 2. The van der Waals surface area contributed by atoms with Crippen molar-refractivity contribution in [1.29, 1.82) is 0 Å². The Kier molecular flexibility index (Phi) is 10.4. The fourth-order valence-electron chi connectivity index (χ4n) is 5.11. The number of carbonyl (C=O) groups excluding carboxylic acids is 2. The van der Waals surface area contributed by atoms with E-state index in [-0.39, 0.29) is 17.7 Å². The SMILES string of the molecule is COc1ccc(C(=O)CCCCC(=O)N[C@@H](Cc2ccc(OCC3CCC3)cc2)CN2CCCC2)cc1. The van der Waals surface area contributed by atoms with Crippen molar-refractivity contribution in [1.82, 2.24) is 10.2 Å². The number of unbranched alkanes of at least 4 members (excludes halogenated alkanes) is 1. The lowest BCUT2D eigenvalue weighted by Crippen LogP contribution is -2.44. The molecule has 1 saturated carbocycles. The van der Waals surface area contributed by atoms with Crippen LogP contribution in [0, 0.1) is 5.92 Å². The molecule has 1 amide bonds. The van der Waals surface area contributed by atoms with Gasteiger partial charge in [0.2, 0.25) is 5.91 Å². The highest BCUT2D eigenvalue weighted by Gasteiger charge is 2.20. The molecule has 0 unspecified atom stereocenters. The molecule has 0 bridgehead atoms. The summed E-state index contributed by atoms with van der Waals surface area (Å²) in [6.07, 6.45) is 9.48. The van der Waals surface area contributed by atoms with Crippen LogP contribution in [-0.4, -0.2) is 56.0 Å². The molecule has 4 rings (SSSR count). The second-order valence-corrected chi connectivity index (χ2v) is 10.6. The lowest BCUT2D eigenvalue weighted by molar-refractivity contribution is -0.122. The highest BCUT2D eigenvalue weighted by molar-refractivity contribution is 5.96. The van der Waals surface area contributed by atoms with Crippen LogP contribution in [0.5, 0.6) is 11.5 Å². The zero-order valence-electron chi connectivity index (χ0n) is 22.3. The number of hydrogen-bond donors (Lipinski definition) is 1. The molecule has 1 aliphatic heterocycles. The molecule has 200 valence electrons. The highest BCUT2D eigenvalue weighted by atomic mass is 16.5. The molecule has 6 heteroatoms. The molecular formula is C31H42N2O4. The van der Waals surface area contributed by atoms with Crippen molar-refractivity contribution in [2.75, 3.05) is 33.4 Å². The molecule has 1 aliphatic carbocycles. The largest absolute Gasteiger partial charge is 0.497 e. The summed E-state index contributed by atoms with van der Waals surface area (Å²) in [4.78, 5) is 27.7. The van der Waals surface area contributed by atoms with E-state index in [0.717, 1.165) is 50.1 Å². The van der Waals surface area contributed by atoms with Crippen molar-refractivity contribution in [2.24, 2.45) is 5.92 Å². The van der Waals surface area contributed by atoms with Gasteiger partial charge in [0.1, 0.15) is 11.5 Å². The maximum atomic E-state index is 12.8. The Bertz CT molecular complexity index is 979. The van der Waals surface area contributed by atoms with E-state index >= 15 is 0 Å². The summed E-state index contributed by atoms with van der Waals surface area (Å²) in [6.45, 7) is 3.90. The van der Waals surface area contributed by atoms with Gasteiger partial charge in [0, 0.05) is 31.0 Å². The molecule has 2 aliphatic rings. The Morgan fingerprint density at radius 3 is 2.24 bits per heavy atom. The van der Waals surface area contributed by atoms with Crippen LogP contribution in [0.2, 0.25) is 0 Å². The maximum Gasteiger partial charge on any atom is 0.220 e. The number of benzene rings is 2. The molecule has 2 aromatic rings. The topological polar surface area (TPSA) is 67.9 Å². The maximum absolute atomic E-state index is 12.8. The summed E-state index contributed by atoms with van der Waals surface area (Å²) in [7, 11) is 1.61. The molecule has 1 heterocycles. The minimum absolute atomic E-state index is 0.0709. The third kappa shape index (κ3) is 8.89. The van der Waals surface area contributed by atoms with E-state index in [1.54, 1.807) is 31.4 Å². The molecule has 1 atom stereocenters. The molecule has 2 fully saturated rings. The normalized spacial score (nSPS) is 16.7. The molecule has 0 radical (unpaired) electrons. The Morgan fingerprint density at radius 1 is 0.919 bits per heavy atom. The third-order valence-electron chi connectivity index (χ3n) is 7.63. The Balaban J connectivity index is 1.21. The minimum atomic E-state index is 0.0709. The molecule has 0 aromatic heterocycles. The van der Waals surface area contributed by atoms with E-state index < -0.39 is 0 Å². The molecule has 1 saturated heterocycles. The monoisotopic (exact) mass is 506 g/mol.